The van der Waals surface area contributed by atoms with E-state index in [-0.39, 0.29) is 5.91 Å². The van der Waals surface area contributed by atoms with Crippen LogP contribution in [0, 0.1) is 0 Å². The SMILES string of the molecule is CC(I)CSC[C@@H]1CCC(=O)N1. The van der Waals surface area contributed by atoms with E-state index in [1.165, 1.54) is 5.75 Å². The summed E-state index contributed by atoms with van der Waals surface area (Å²) < 4.78 is 0.727. The molecular weight excluding hydrogens is 285 g/mol. The number of carbonyl (C=O) groups excluding carboxylic acids is 1. The monoisotopic (exact) mass is 299 g/mol. The van der Waals surface area contributed by atoms with E-state index in [1.807, 2.05) is 11.8 Å². The standard InChI is InChI=1S/C8H14INOS/c1-6(9)4-12-5-7-2-3-8(11)10-7/h6-7H,2-5H2,1H3,(H,10,11)/t6?,7-/m0/s1. The molecule has 12 heavy (non-hydrogen) atoms. The Bertz CT molecular complexity index is 163. The molecule has 2 nitrogen and oxygen atoms in total. The predicted octanol–water partition coefficient (Wildman–Crippen LogP) is 1.82. The molecule has 0 spiro atoms. The lowest BCUT2D eigenvalue weighted by atomic mass is 10.2. The third-order valence-electron chi connectivity index (χ3n) is 1.75. The van der Waals surface area contributed by atoms with Crippen LogP contribution < -0.4 is 5.32 Å². The fourth-order valence-corrected chi connectivity index (χ4v) is 2.93. The van der Waals surface area contributed by atoms with Crippen LogP contribution in [0.15, 0.2) is 0 Å². The number of hydrogen-bond acceptors (Lipinski definition) is 2. The second kappa shape index (κ2) is 5.32. The number of nitrogens with one attached hydrogen (secondary N) is 1. The number of halogens is 1. The van der Waals surface area contributed by atoms with Gasteiger partial charge in [-0.05, 0) is 6.42 Å². The van der Waals surface area contributed by atoms with E-state index in [2.05, 4.69) is 34.8 Å². The van der Waals surface area contributed by atoms with Crippen molar-refractivity contribution in [2.45, 2.75) is 29.7 Å². The summed E-state index contributed by atoms with van der Waals surface area (Å²) >= 11 is 4.36. The molecule has 1 fully saturated rings. The summed E-state index contributed by atoms with van der Waals surface area (Å²) in [5.41, 5.74) is 0. The van der Waals surface area contributed by atoms with E-state index >= 15 is 0 Å². The zero-order valence-corrected chi connectivity index (χ0v) is 10.2. The first kappa shape index (κ1) is 10.6. The fraction of sp³-hybridized carbons (Fsp3) is 0.875. The topological polar surface area (TPSA) is 29.1 Å². The molecule has 1 heterocycles. The van der Waals surface area contributed by atoms with Crippen LogP contribution in [0.4, 0.5) is 0 Å². The van der Waals surface area contributed by atoms with E-state index < -0.39 is 0 Å². The highest BCUT2D eigenvalue weighted by Gasteiger charge is 2.20. The molecular formula is C8H14INOS. The van der Waals surface area contributed by atoms with Gasteiger partial charge in [-0.25, -0.2) is 0 Å². The quantitative estimate of drug-likeness (QED) is 0.634. The van der Waals surface area contributed by atoms with E-state index in [0.29, 0.717) is 6.04 Å². The summed E-state index contributed by atoms with van der Waals surface area (Å²) in [7, 11) is 0. The Balaban J connectivity index is 2.04. The molecule has 0 aromatic carbocycles. The summed E-state index contributed by atoms with van der Waals surface area (Å²) in [5.74, 6) is 2.49. The highest BCUT2D eigenvalue weighted by molar-refractivity contribution is 14.1. The minimum Gasteiger partial charge on any atom is -0.353 e. The van der Waals surface area contributed by atoms with E-state index in [0.717, 1.165) is 22.5 Å². The lowest BCUT2D eigenvalue weighted by Gasteiger charge is -2.09. The number of hydrogen-bond donors (Lipinski definition) is 1. The maximum Gasteiger partial charge on any atom is 0.220 e. The zero-order valence-electron chi connectivity index (χ0n) is 7.18. The first-order valence-electron chi connectivity index (χ1n) is 4.19. The Morgan fingerprint density at radius 3 is 3.08 bits per heavy atom. The molecule has 0 aromatic heterocycles. The first-order chi connectivity index (χ1) is 5.68. The minimum atomic E-state index is 0.225. The van der Waals surface area contributed by atoms with Crippen molar-refractivity contribution in [3.63, 3.8) is 0 Å². The molecule has 1 saturated heterocycles. The Morgan fingerprint density at radius 1 is 1.83 bits per heavy atom. The summed E-state index contributed by atoms with van der Waals surface area (Å²) in [6.07, 6.45) is 1.76. The Morgan fingerprint density at radius 2 is 2.58 bits per heavy atom. The molecule has 0 saturated carbocycles. The summed E-state index contributed by atoms with van der Waals surface area (Å²) in [4.78, 5) is 10.8. The minimum absolute atomic E-state index is 0.225. The van der Waals surface area contributed by atoms with Gasteiger partial charge in [0.15, 0.2) is 0 Å². The Kier molecular flexibility index (Phi) is 4.71. The maximum atomic E-state index is 10.8. The zero-order chi connectivity index (χ0) is 8.97. The van der Waals surface area contributed by atoms with Gasteiger partial charge >= 0.3 is 0 Å². The second-order valence-electron chi connectivity index (χ2n) is 3.12. The van der Waals surface area contributed by atoms with Crippen LogP contribution in [-0.4, -0.2) is 27.4 Å². The van der Waals surface area contributed by atoms with E-state index in [9.17, 15) is 4.79 Å². The van der Waals surface area contributed by atoms with Gasteiger partial charge in [0, 0.05) is 27.9 Å². The molecule has 1 amide bonds. The van der Waals surface area contributed by atoms with Gasteiger partial charge in [0.05, 0.1) is 0 Å². The summed E-state index contributed by atoms with van der Waals surface area (Å²) in [6, 6.07) is 0.442. The third-order valence-corrected chi connectivity index (χ3v) is 4.16. The largest absolute Gasteiger partial charge is 0.353 e. The Hall–Kier alpha value is 0.550. The van der Waals surface area contributed by atoms with Crippen molar-refractivity contribution in [1.29, 1.82) is 0 Å². The van der Waals surface area contributed by atoms with Gasteiger partial charge in [-0.1, -0.05) is 29.5 Å². The molecule has 1 aliphatic rings. The lowest BCUT2D eigenvalue weighted by molar-refractivity contribution is -0.119. The Labute approximate surface area is 91.4 Å². The van der Waals surface area contributed by atoms with Crippen LogP contribution in [0.25, 0.3) is 0 Å². The number of rotatable bonds is 4. The van der Waals surface area contributed by atoms with Gasteiger partial charge < -0.3 is 5.32 Å². The summed E-state index contributed by atoms with van der Waals surface area (Å²) in [6.45, 7) is 2.21. The molecule has 0 radical (unpaired) electrons. The molecule has 1 rings (SSSR count). The molecule has 0 aromatic rings. The van der Waals surface area contributed by atoms with Crippen LogP contribution in [-0.2, 0) is 4.79 Å². The van der Waals surface area contributed by atoms with Crippen LogP contribution >= 0.6 is 34.4 Å². The van der Waals surface area contributed by atoms with Crippen LogP contribution in [0.3, 0.4) is 0 Å². The van der Waals surface area contributed by atoms with Crippen LogP contribution in [0.1, 0.15) is 19.8 Å². The molecule has 1 aliphatic heterocycles. The van der Waals surface area contributed by atoms with Crippen LogP contribution in [0.5, 0.6) is 0 Å². The van der Waals surface area contributed by atoms with Gasteiger partial charge in [-0.3, -0.25) is 4.79 Å². The van der Waals surface area contributed by atoms with E-state index in [4.69, 9.17) is 0 Å². The molecule has 0 aliphatic carbocycles. The highest BCUT2D eigenvalue weighted by Crippen LogP contribution is 2.15. The molecule has 1 N–H and O–H groups in total. The maximum absolute atomic E-state index is 10.8. The van der Waals surface area contributed by atoms with Crippen molar-refractivity contribution in [2.75, 3.05) is 11.5 Å². The van der Waals surface area contributed by atoms with Crippen molar-refractivity contribution >= 4 is 40.3 Å². The van der Waals surface area contributed by atoms with Gasteiger partial charge in [0.2, 0.25) is 5.91 Å². The third kappa shape index (κ3) is 3.98. The van der Waals surface area contributed by atoms with Crippen molar-refractivity contribution in [2.24, 2.45) is 0 Å². The summed E-state index contributed by atoms with van der Waals surface area (Å²) in [5, 5.41) is 2.97. The predicted molar refractivity (Wildman–Crippen MR) is 62.0 cm³/mol. The molecule has 2 atom stereocenters. The average Bonchev–Trinajstić information content (AvgIpc) is 2.35. The van der Waals surface area contributed by atoms with Crippen molar-refractivity contribution < 1.29 is 4.79 Å². The van der Waals surface area contributed by atoms with Crippen LogP contribution in [0.2, 0.25) is 0 Å². The molecule has 4 heteroatoms. The number of thioether (sulfide) groups is 1. The normalized spacial score (nSPS) is 25.5. The van der Waals surface area contributed by atoms with Gasteiger partial charge in [-0.2, -0.15) is 11.8 Å². The molecule has 1 unspecified atom stereocenters. The smallest absolute Gasteiger partial charge is 0.220 e. The lowest BCUT2D eigenvalue weighted by Crippen LogP contribution is -2.27. The number of alkyl halides is 1. The fourth-order valence-electron chi connectivity index (χ4n) is 1.18. The number of carbonyl (C=O) groups is 1. The highest BCUT2D eigenvalue weighted by atomic mass is 127. The average molecular weight is 299 g/mol. The van der Waals surface area contributed by atoms with Gasteiger partial charge in [-0.15, -0.1) is 0 Å². The van der Waals surface area contributed by atoms with Crippen molar-refractivity contribution in [3.8, 4) is 0 Å². The van der Waals surface area contributed by atoms with Crippen molar-refractivity contribution in [3.05, 3.63) is 0 Å². The number of amides is 1. The molecule has 0 bridgehead atoms. The van der Waals surface area contributed by atoms with Gasteiger partial charge in [0.25, 0.3) is 0 Å². The molecule has 70 valence electrons. The van der Waals surface area contributed by atoms with Crippen molar-refractivity contribution in [1.82, 2.24) is 5.32 Å². The van der Waals surface area contributed by atoms with E-state index in [1.54, 1.807) is 0 Å². The first-order valence-corrected chi connectivity index (χ1v) is 6.59. The van der Waals surface area contributed by atoms with Gasteiger partial charge in [0.1, 0.15) is 0 Å². The second-order valence-corrected chi connectivity index (χ2v) is 6.32.